The molecule has 1 amide bonds. The quantitative estimate of drug-likeness (QED) is 0.452. The lowest BCUT2D eigenvalue weighted by Crippen LogP contribution is -2.41. The van der Waals surface area contributed by atoms with Crippen molar-refractivity contribution in [3.05, 3.63) is 0 Å². The van der Waals surface area contributed by atoms with E-state index in [2.05, 4.69) is 4.74 Å². The number of nitrogens with zero attached hydrogens (tertiary/aromatic N) is 1. The van der Waals surface area contributed by atoms with Crippen LogP contribution in [0.15, 0.2) is 0 Å². The molecule has 0 fully saturated rings. The van der Waals surface area contributed by atoms with Crippen LogP contribution in [0, 0.1) is 0 Å². The Labute approximate surface area is 71.2 Å². The van der Waals surface area contributed by atoms with E-state index in [1.165, 1.54) is 14.2 Å². The largest absolute Gasteiger partial charge is 0.375 e. The molecule has 0 rings (SSSR count). The van der Waals surface area contributed by atoms with Gasteiger partial charge in [0.2, 0.25) is 0 Å². The van der Waals surface area contributed by atoms with Crippen LogP contribution < -0.4 is 0 Å². The molecule has 72 valence electrons. The maximum Gasteiger partial charge on any atom is 0.252 e. The first-order chi connectivity index (χ1) is 5.67. The number of hydrogen-bond acceptors (Lipinski definition) is 3. The standard InChI is InChI=1S/C7H14FNO3/c1-6(12-3)9(5-8)7(10)4-11-2/h6H,4-5H2,1-3H3. The first kappa shape index (κ1) is 11.3. The van der Waals surface area contributed by atoms with Crippen molar-refractivity contribution >= 4 is 5.91 Å². The van der Waals surface area contributed by atoms with Crippen molar-refractivity contribution in [3.63, 3.8) is 0 Å². The molecule has 0 N–H and O–H groups in total. The van der Waals surface area contributed by atoms with Gasteiger partial charge in [-0.15, -0.1) is 0 Å². The Morgan fingerprint density at radius 1 is 1.58 bits per heavy atom. The summed E-state index contributed by atoms with van der Waals surface area (Å²) >= 11 is 0. The second kappa shape index (κ2) is 5.91. The molecule has 0 aromatic rings. The second-order valence-corrected chi connectivity index (χ2v) is 2.25. The number of methoxy groups -OCH3 is 2. The van der Waals surface area contributed by atoms with Crippen molar-refractivity contribution in [3.8, 4) is 0 Å². The lowest BCUT2D eigenvalue weighted by Gasteiger charge is -2.24. The van der Waals surface area contributed by atoms with Gasteiger partial charge in [0.15, 0.2) is 6.80 Å². The Bertz CT molecular complexity index is 143. The zero-order valence-corrected chi connectivity index (χ0v) is 7.54. The summed E-state index contributed by atoms with van der Waals surface area (Å²) in [6.45, 7) is 0.599. The van der Waals surface area contributed by atoms with E-state index >= 15 is 0 Å². The maximum atomic E-state index is 12.2. The molecule has 0 spiro atoms. The zero-order valence-electron chi connectivity index (χ0n) is 7.54. The molecule has 0 bridgehead atoms. The van der Waals surface area contributed by atoms with Crippen LogP contribution >= 0.6 is 0 Å². The summed E-state index contributed by atoms with van der Waals surface area (Å²) in [5.41, 5.74) is 0. The molecule has 0 heterocycles. The first-order valence-electron chi connectivity index (χ1n) is 3.54. The highest BCUT2D eigenvalue weighted by molar-refractivity contribution is 5.77. The van der Waals surface area contributed by atoms with Gasteiger partial charge in [0.1, 0.15) is 12.8 Å². The van der Waals surface area contributed by atoms with Gasteiger partial charge in [-0.3, -0.25) is 9.69 Å². The fourth-order valence-corrected chi connectivity index (χ4v) is 0.700. The van der Waals surface area contributed by atoms with Crippen molar-refractivity contribution in [2.75, 3.05) is 27.6 Å². The predicted molar refractivity (Wildman–Crippen MR) is 41.2 cm³/mol. The Balaban J connectivity index is 4.04. The lowest BCUT2D eigenvalue weighted by atomic mass is 10.5. The third kappa shape index (κ3) is 3.15. The molecule has 0 aromatic heterocycles. The number of ether oxygens (including phenoxy) is 2. The molecule has 1 atom stereocenters. The summed E-state index contributed by atoms with van der Waals surface area (Å²) in [6.07, 6.45) is -0.558. The predicted octanol–water partition coefficient (Wildman–Crippen LogP) is 0.381. The van der Waals surface area contributed by atoms with Gasteiger partial charge in [-0.1, -0.05) is 0 Å². The van der Waals surface area contributed by atoms with Crippen LogP contribution in [-0.4, -0.2) is 44.7 Å². The molecule has 1 unspecified atom stereocenters. The molecule has 0 saturated heterocycles. The van der Waals surface area contributed by atoms with Crippen molar-refractivity contribution in [1.82, 2.24) is 4.90 Å². The molecule has 5 heteroatoms. The van der Waals surface area contributed by atoms with Crippen molar-refractivity contribution < 1.29 is 18.7 Å². The molecule has 4 nitrogen and oxygen atoms in total. The third-order valence-electron chi connectivity index (χ3n) is 1.50. The molecule has 0 radical (unpaired) electrons. The zero-order chi connectivity index (χ0) is 9.56. The summed E-state index contributed by atoms with van der Waals surface area (Å²) in [7, 11) is 2.79. The fourth-order valence-electron chi connectivity index (χ4n) is 0.700. The van der Waals surface area contributed by atoms with Crippen LogP contribution in [0.1, 0.15) is 6.92 Å². The van der Waals surface area contributed by atoms with Crippen molar-refractivity contribution in [2.45, 2.75) is 13.2 Å². The summed E-state index contributed by atoms with van der Waals surface area (Å²) in [5, 5.41) is 0. The van der Waals surface area contributed by atoms with Gasteiger partial charge in [0.25, 0.3) is 5.91 Å². The fraction of sp³-hybridized carbons (Fsp3) is 0.857. The van der Waals surface area contributed by atoms with E-state index < -0.39 is 18.9 Å². The summed E-state index contributed by atoms with van der Waals surface area (Å²) in [6, 6.07) is 0. The molecule has 0 aromatic carbocycles. The summed E-state index contributed by atoms with van der Waals surface area (Å²) < 4.78 is 21.6. The maximum absolute atomic E-state index is 12.2. The Morgan fingerprint density at radius 2 is 2.17 bits per heavy atom. The minimum absolute atomic E-state index is 0.127. The van der Waals surface area contributed by atoms with E-state index in [4.69, 9.17) is 4.74 Å². The van der Waals surface area contributed by atoms with Crippen LogP contribution in [0.5, 0.6) is 0 Å². The van der Waals surface area contributed by atoms with Crippen LogP contribution in [-0.2, 0) is 14.3 Å². The Hall–Kier alpha value is -0.680. The lowest BCUT2D eigenvalue weighted by molar-refractivity contribution is -0.149. The van der Waals surface area contributed by atoms with Gasteiger partial charge in [0, 0.05) is 14.2 Å². The highest BCUT2D eigenvalue weighted by Gasteiger charge is 2.18. The van der Waals surface area contributed by atoms with Crippen molar-refractivity contribution in [2.24, 2.45) is 0 Å². The Morgan fingerprint density at radius 3 is 2.50 bits per heavy atom. The Kier molecular flexibility index (Phi) is 5.57. The minimum atomic E-state index is -0.864. The second-order valence-electron chi connectivity index (χ2n) is 2.25. The van der Waals surface area contributed by atoms with Gasteiger partial charge in [-0.2, -0.15) is 0 Å². The molecule has 0 aliphatic carbocycles. The number of carbonyl (C=O) groups excluding carboxylic acids is 1. The van der Waals surface area contributed by atoms with Crippen LogP contribution in [0.25, 0.3) is 0 Å². The average Bonchev–Trinajstić information content (AvgIpc) is 2.06. The normalized spacial score (nSPS) is 12.7. The molecule has 0 aliphatic rings. The van der Waals surface area contributed by atoms with Gasteiger partial charge < -0.3 is 9.47 Å². The number of rotatable bonds is 5. The number of carbonyl (C=O) groups is 1. The summed E-state index contributed by atoms with van der Waals surface area (Å²) in [4.78, 5) is 12.0. The van der Waals surface area contributed by atoms with Crippen LogP contribution in [0.4, 0.5) is 4.39 Å². The molecular weight excluding hydrogens is 165 g/mol. The topological polar surface area (TPSA) is 38.8 Å². The van der Waals surface area contributed by atoms with Gasteiger partial charge >= 0.3 is 0 Å². The molecule has 0 aliphatic heterocycles. The number of amides is 1. The minimum Gasteiger partial charge on any atom is -0.375 e. The first-order valence-corrected chi connectivity index (χ1v) is 3.54. The molecule has 0 saturated carbocycles. The highest BCUT2D eigenvalue weighted by atomic mass is 19.1. The highest BCUT2D eigenvalue weighted by Crippen LogP contribution is 2.00. The SMILES string of the molecule is COCC(=O)N(CF)C(C)OC. The average molecular weight is 179 g/mol. The summed E-state index contributed by atoms with van der Waals surface area (Å²) in [5.74, 6) is -0.422. The molecular formula is C7H14FNO3. The number of alkyl halides is 1. The van der Waals surface area contributed by atoms with Gasteiger partial charge in [-0.05, 0) is 6.92 Å². The van der Waals surface area contributed by atoms with Gasteiger partial charge in [0.05, 0.1) is 0 Å². The van der Waals surface area contributed by atoms with Crippen LogP contribution in [0.3, 0.4) is 0 Å². The van der Waals surface area contributed by atoms with E-state index in [0.717, 1.165) is 4.90 Å². The van der Waals surface area contributed by atoms with Crippen molar-refractivity contribution in [1.29, 1.82) is 0 Å². The number of halogens is 1. The van der Waals surface area contributed by atoms with E-state index in [1.807, 2.05) is 0 Å². The van der Waals surface area contributed by atoms with Crippen LogP contribution in [0.2, 0.25) is 0 Å². The third-order valence-corrected chi connectivity index (χ3v) is 1.50. The monoisotopic (exact) mass is 179 g/mol. The number of hydrogen-bond donors (Lipinski definition) is 0. The van der Waals surface area contributed by atoms with E-state index in [0.29, 0.717) is 0 Å². The van der Waals surface area contributed by atoms with Gasteiger partial charge in [-0.25, -0.2) is 4.39 Å². The molecule has 12 heavy (non-hydrogen) atoms. The van der Waals surface area contributed by atoms with E-state index in [1.54, 1.807) is 6.92 Å². The van der Waals surface area contributed by atoms with E-state index in [-0.39, 0.29) is 6.61 Å². The van der Waals surface area contributed by atoms with E-state index in [9.17, 15) is 9.18 Å². The smallest absolute Gasteiger partial charge is 0.252 e.